The molecule has 5 nitrogen and oxygen atoms in total. The first-order chi connectivity index (χ1) is 9.22. The van der Waals surface area contributed by atoms with E-state index in [1.54, 1.807) is 18.3 Å². The summed E-state index contributed by atoms with van der Waals surface area (Å²) in [4.78, 5) is 12.2. The molecule has 1 aromatic carbocycles. The Hall–Kier alpha value is -2.21. The van der Waals surface area contributed by atoms with E-state index < -0.39 is 11.4 Å². The summed E-state index contributed by atoms with van der Waals surface area (Å²) in [5.74, 6) is 0.130. The van der Waals surface area contributed by atoms with E-state index >= 15 is 0 Å². The first kappa shape index (κ1) is 11.9. The van der Waals surface area contributed by atoms with Crippen molar-refractivity contribution in [3.05, 3.63) is 58.7 Å². The standard InChI is InChI=1S/C12H8ClFN4O/c13-7-10-15-16-11-12(19)17(5-6-18(10)11)9-4-2-1-3-8(9)14/h1-6H,7H2. The molecule has 0 atom stereocenters. The fourth-order valence-corrected chi connectivity index (χ4v) is 2.05. The van der Waals surface area contributed by atoms with Crippen molar-refractivity contribution in [1.29, 1.82) is 0 Å². The number of rotatable bonds is 2. The van der Waals surface area contributed by atoms with Gasteiger partial charge in [0.2, 0.25) is 5.65 Å². The quantitative estimate of drug-likeness (QED) is 0.671. The molecule has 0 amide bonds. The van der Waals surface area contributed by atoms with Gasteiger partial charge >= 0.3 is 5.56 Å². The molecule has 19 heavy (non-hydrogen) atoms. The Morgan fingerprint density at radius 1 is 1.21 bits per heavy atom. The molecule has 0 saturated heterocycles. The minimum Gasteiger partial charge on any atom is -0.279 e. The molecule has 0 radical (unpaired) electrons. The van der Waals surface area contributed by atoms with Crippen LogP contribution in [0.15, 0.2) is 41.5 Å². The lowest BCUT2D eigenvalue weighted by molar-refractivity contribution is 0.616. The predicted molar refractivity (Wildman–Crippen MR) is 68.1 cm³/mol. The summed E-state index contributed by atoms with van der Waals surface area (Å²) in [5, 5.41) is 7.58. The largest absolute Gasteiger partial charge is 0.300 e. The van der Waals surface area contributed by atoms with Gasteiger partial charge in [-0.15, -0.1) is 21.8 Å². The van der Waals surface area contributed by atoms with E-state index in [0.29, 0.717) is 5.82 Å². The molecule has 2 aromatic heterocycles. The molecule has 3 rings (SSSR count). The van der Waals surface area contributed by atoms with Crippen LogP contribution in [0.2, 0.25) is 0 Å². The number of aromatic nitrogens is 4. The van der Waals surface area contributed by atoms with Gasteiger partial charge in [0.25, 0.3) is 0 Å². The summed E-state index contributed by atoms with van der Waals surface area (Å²) in [6.45, 7) is 0. The molecule has 0 fully saturated rings. The van der Waals surface area contributed by atoms with Gasteiger partial charge < -0.3 is 0 Å². The molecule has 0 aliphatic heterocycles. The number of hydrogen-bond donors (Lipinski definition) is 0. The Bertz CT molecular complexity index is 811. The van der Waals surface area contributed by atoms with Crippen molar-refractivity contribution in [2.75, 3.05) is 0 Å². The maximum absolute atomic E-state index is 13.7. The summed E-state index contributed by atoms with van der Waals surface area (Å²) in [5.41, 5.74) is -0.164. The van der Waals surface area contributed by atoms with Crippen molar-refractivity contribution in [2.24, 2.45) is 0 Å². The number of para-hydroxylation sites is 1. The number of fused-ring (bicyclic) bond motifs is 1. The highest BCUT2D eigenvalue weighted by molar-refractivity contribution is 6.16. The van der Waals surface area contributed by atoms with Crippen molar-refractivity contribution >= 4 is 17.2 Å². The molecular formula is C12H8ClFN4O. The van der Waals surface area contributed by atoms with Crippen LogP contribution in [-0.4, -0.2) is 19.2 Å². The third-order valence-electron chi connectivity index (χ3n) is 2.77. The second-order valence-electron chi connectivity index (χ2n) is 3.87. The topological polar surface area (TPSA) is 52.2 Å². The summed E-state index contributed by atoms with van der Waals surface area (Å²) in [6, 6.07) is 6.03. The molecular weight excluding hydrogens is 271 g/mol. The molecule has 0 saturated carbocycles. The molecule has 3 aromatic rings. The van der Waals surface area contributed by atoms with Crippen LogP contribution in [0.1, 0.15) is 5.82 Å². The Kier molecular flexibility index (Phi) is 2.79. The zero-order valence-corrected chi connectivity index (χ0v) is 10.4. The molecule has 2 heterocycles. The first-order valence-corrected chi connectivity index (χ1v) is 6.02. The van der Waals surface area contributed by atoms with Crippen LogP contribution in [0.4, 0.5) is 4.39 Å². The molecule has 0 spiro atoms. The maximum Gasteiger partial charge on any atom is 0.300 e. The van der Waals surface area contributed by atoms with E-state index in [1.165, 1.54) is 27.3 Å². The van der Waals surface area contributed by atoms with Gasteiger partial charge in [0.1, 0.15) is 5.82 Å². The van der Waals surface area contributed by atoms with E-state index in [4.69, 9.17) is 11.6 Å². The van der Waals surface area contributed by atoms with Gasteiger partial charge in [-0.3, -0.25) is 13.8 Å². The highest BCUT2D eigenvalue weighted by atomic mass is 35.5. The second kappa shape index (κ2) is 4.47. The van der Waals surface area contributed by atoms with Crippen molar-refractivity contribution < 1.29 is 4.39 Å². The minimum absolute atomic E-state index is 0.112. The molecule has 0 N–H and O–H groups in total. The van der Waals surface area contributed by atoms with E-state index in [0.717, 1.165) is 0 Å². The van der Waals surface area contributed by atoms with E-state index in [1.807, 2.05) is 0 Å². The van der Waals surface area contributed by atoms with Crippen LogP contribution in [0.5, 0.6) is 0 Å². The van der Waals surface area contributed by atoms with Crippen LogP contribution in [0.3, 0.4) is 0 Å². The Balaban J connectivity index is 2.30. The number of alkyl halides is 1. The molecule has 0 aliphatic carbocycles. The maximum atomic E-state index is 13.7. The summed E-state index contributed by atoms with van der Waals surface area (Å²) in [6.07, 6.45) is 3.05. The third kappa shape index (κ3) is 1.80. The van der Waals surface area contributed by atoms with Gasteiger partial charge in [0, 0.05) is 12.4 Å². The van der Waals surface area contributed by atoms with Crippen LogP contribution in [0, 0.1) is 5.82 Å². The van der Waals surface area contributed by atoms with E-state index in [2.05, 4.69) is 10.2 Å². The minimum atomic E-state index is -0.481. The summed E-state index contributed by atoms with van der Waals surface area (Å²) < 4.78 is 16.4. The Labute approximate surface area is 111 Å². The SMILES string of the molecule is O=c1c2nnc(CCl)n2ccn1-c1ccccc1F. The molecule has 7 heteroatoms. The number of hydrogen-bond acceptors (Lipinski definition) is 3. The van der Waals surface area contributed by atoms with Gasteiger partial charge in [-0.25, -0.2) is 4.39 Å². The van der Waals surface area contributed by atoms with Crippen LogP contribution in [-0.2, 0) is 5.88 Å². The van der Waals surface area contributed by atoms with Crippen molar-refractivity contribution in [2.45, 2.75) is 5.88 Å². The molecule has 96 valence electrons. The van der Waals surface area contributed by atoms with Crippen molar-refractivity contribution in [3.8, 4) is 5.69 Å². The van der Waals surface area contributed by atoms with E-state index in [9.17, 15) is 9.18 Å². The fraction of sp³-hybridized carbons (Fsp3) is 0.0833. The fourth-order valence-electron chi connectivity index (χ4n) is 1.86. The monoisotopic (exact) mass is 278 g/mol. The summed E-state index contributed by atoms with van der Waals surface area (Å²) in [7, 11) is 0. The van der Waals surface area contributed by atoms with Gasteiger partial charge in [0.15, 0.2) is 5.82 Å². The lowest BCUT2D eigenvalue weighted by atomic mass is 10.3. The highest BCUT2D eigenvalue weighted by Gasteiger charge is 2.12. The average molecular weight is 279 g/mol. The smallest absolute Gasteiger partial charge is 0.279 e. The van der Waals surface area contributed by atoms with Gasteiger partial charge in [-0.2, -0.15) is 0 Å². The van der Waals surface area contributed by atoms with Crippen LogP contribution >= 0.6 is 11.6 Å². The zero-order chi connectivity index (χ0) is 13.4. The zero-order valence-electron chi connectivity index (χ0n) is 9.62. The van der Waals surface area contributed by atoms with E-state index in [-0.39, 0.29) is 17.2 Å². The van der Waals surface area contributed by atoms with Crippen LogP contribution in [0.25, 0.3) is 11.3 Å². The molecule has 0 aliphatic rings. The normalized spacial score (nSPS) is 11.1. The third-order valence-corrected chi connectivity index (χ3v) is 3.01. The number of nitrogens with zero attached hydrogens (tertiary/aromatic N) is 4. The van der Waals surface area contributed by atoms with Gasteiger partial charge in [-0.1, -0.05) is 12.1 Å². The molecule has 0 unspecified atom stereocenters. The van der Waals surface area contributed by atoms with Gasteiger partial charge in [-0.05, 0) is 12.1 Å². The number of halogens is 2. The van der Waals surface area contributed by atoms with Gasteiger partial charge in [0.05, 0.1) is 11.6 Å². The predicted octanol–water partition coefficient (Wildman–Crippen LogP) is 1.76. The second-order valence-corrected chi connectivity index (χ2v) is 4.14. The lowest BCUT2D eigenvalue weighted by Gasteiger charge is -2.06. The van der Waals surface area contributed by atoms with Crippen molar-refractivity contribution in [3.63, 3.8) is 0 Å². The Morgan fingerprint density at radius 3 is 2.74 bits per heavy atom. The summed E-state index contributed by atoms with van der Waals surface area (Å²) >= 11 is 5.69. The van der Waals surface area contributed by atoms with Crippen molar-refractivity contribution in [1.82, 2.24) is 19.2 Å². The van der Waals surface area contributed by atoms with Crippen LogP contribution < -0.4 is 5.56 Å². The average Bonchev–Trinajstić information content (AvgIpc) is 2.84. The number of benzene rings is 1. The highest BCUT2D eigenvalue weighted by Crippen LogP contribution is 2.11. The first-order valence-electron chi connectivity index (χ1n) is 5.48. The molecule has 0 bridgehead atoms. The lowest BCUT2D eigenvalue weighted by Crippen LogP contribution is -2.21. The Morgan fingerprint density at radius 2 is 2.00 bits per heavy atom.